The summed E-state index contributed by atoms with van der Waals surface area (Å²) in [6, 6.07) is 10.7. The molecule has 0 saturated carbocycles. The lowest BCUT2D eigenvalue weighted by atomic mass is 10.2. The average Bonchev–Trinajstić information content (AvgIpc) is 3.21. The van der Waals surface area contributed by atoms with Gasteiger partial charge in [-0.2, -0.15) is 0 Å². The molecule has 3 aromatic rings. The molecule has 7 nitrogen and oxygen atoms in total. The van der Waals surface area contributed by atoms with Crippen molar-refractivity contribution in [2.24, 2.45) is 0 Å². The van der Waals surface area contributed by atoms with Gasteiger partial charge in [0.05, 0.1) is 25.0 Å². The summed E-state index contributed by atoms with van der Waals surface area (Å²) in [5, 5.41) is 5.50. The number of carbonyl (C=O) groups is 2. The Morgan fingerprint density at radius 2 is 2.07 bits per heavy atom. The second-order valence-electron chi connectivity index (χ2n) is 5.91. The highest BCUT2D eigenvalue weighted by molar-refractivity contribution is 7.13. The van der Waals surface area contributed by atoms with E-state index in [2.05, 4.69) is 15.3 Å². The molecule has 148 valence electrons. The molecule has 3 rings (SSSR count). The lowest BCUT2D eigenvalue weighted by Gasteiger charge is -2.08. The van der Waals surface area contributed by atoms with Crippen LogP contribution in [0.15, 0.2) is 54.1 Å². The van der Waals surface area contributed by atoms with Crippen LogP contribution in [0.4, 0.5) is 0 Å². The predicted octanol–water partition coefficient (Wildman–Crippen LogP) is 3.47. The molecule has 1 amide bonds. The fourth-order valence-corrected chi connectivity index (χ4v) is 3.23. The van der Waals surface area contributed by atoms with E-state index in [1.807, 2.05) is 23.6 Å². The van der Waals surface area contributed by atoms with E-state index in [1.165, 1.54) is 31.4 Å². The molecule has 0 radical (unpaired) electrons. The van der Waals surface area contributed by atoms with E-state index in [0.29, 0.717) is 18.0 Å². The highest BCUT2D eigenvalue weighted by Crippen LogP contribution is 2.28. The molecule has 8 heteroatoms. The van der Waals surface area contributed by atoms with Gasteiger partial charge in [0, 0.05) is 24.6 Å². The van der Waals surface area contributed by atoms with E-state index in [-0.39, 0.29) is 5.91 Å². The highest BCUT2D eigenvalue weighted by Gasteiger charge is 2.08. The highest BCUT2D eigenvalue weighted by atomic mass is 32.1. The molecular formula is C21H19N3O4S. The number of pyridine rings is 1. The van der Waals surface area contributed by atoms with Gasteiger partial charge in [0.1, 0.15) is 5.01 Å². The Morgan fingerprint density at radius 3 is 2.79 bits per heavy atom. The number of nitrogens with zero attached hydrogens (tertiary/aromatic N) is 2. The Kier molecular flexibility index (Phi) is 6.70. The maximum absolute atomic E-state index is 12.1. The molecule has 2 heterocycles. The van der Waals surface area contributed by atoms with Crippen LogP contribution in [0.3, 0.4) is 0 Å². The maximum Gasteiger partial charge on any atom is 0.308 e. The molecule has 0 aliphatic rings. The second-order valence-corrected chi connectivity index (χ2v) is 6.77. The minimum absolute atomic E-state index is 0.250. The van der Waals surface area contributed by atoms with Gasteiger partial charge in [0.2, 0.25) is 5.91 Å². The molecule has 0 unspecified atom stereocenters. The third-order valence-corrected chi connectivity index (χ3v) is 4.66. The SMILES string of the molecule is COc1cc(/C=C/C(=O)NCc2csc(-c3ccccn3)n2)ccc1OC(C)=O. The molecule has 1 aromatic carbocycles. The molecule has 29 heavy (non-hydrogen) atoms. The topological polar surface area (TPSA) is 90.4 Å². The van der Waals surface area contributed by atoms with Crippen LogP contribution in [0.2, 0.25) is 0 Å². The van der Waals surface area contributed by atoms with Crippen LogP contribution < -0.4 is 14.8 Å². The number of thiazole rings is 1. The van der Waals surface area contributed by atoms with E-state index < -0.39 is 5.97 Å². The number of benzene rings is 1. The molecule has 0 aliphatic carbocycles. The Morgan fingerprint density at radius 1 is 1.21 bits per heavy atom. The summed E-state index contributed by atoms with van der Waals surface area (Å²) in [7, 11) is 1.48. The van der Waals surface area contributed by atoms with Gasteiger partial charge in [-0.3, -0.25) is 14.6 Å². The van der Waals surface area contributed by atoms with Crippen LogP contribution in [0.5, 0.6) is 11.5 Å². The van der Waals surface area contributed by atoms with Gasteiger partial charge < -0.3 is 14.8 Å². The van der Waals surface area contributed by atoms with Crippen LogP contribution in [0.25, 0.3) is 16.8 Å². The largest absolute Gasteiger partial charge is 0.493 e. The zero-order valence-electron chi connectivity index (χ0n) is 15.9. The first kappa shape index (κ1) is 20.2. The number of methoxy groups -OCH3 is 1. The summed E-state index contributed by atoms with van der Waals surface area (Å²) in [4.78, 5) is 32.0. The molecular weight excluding hydrogens is 390 g/mol. The fourth-order valence-electron chi connectivity index (χ4n) is 2.43. The van der Waals surface area contributed by atoms with E-state index in [4.69, 9.17) is 9.47 Å². The van der Waals surface area contributed by atoms with Crippen molar-refractivity contribution in [1.82, 2.24) is 15.3 Å². The Hall–Kier alpha value is -3.52. The fraction of sp³-hybridized carbons (Fsp3) is 0.143. The van der Waals surface area contributed by atoms with Gasteiger partial charge >= 0.3 is 5.97 Å². The Balaban J connectivity index is 1.57. The molecule has 0 saturated heterocycles. The summed E-state index contributed by atoms with van der Waals surface area (Å²) in [5.74, 6) is 0.0563. The third kappa shape index (κ3) is 5.73. The predicted molar refractivity (Wildman–Crippen MR) is 111 cm³/mol. The summed E-state index contributed by atoms with van der Waals surface area (Å²) < 4.78 is 10.3. The molecule has 0 fully saturated rings. The minimum atomic E-state index is -0.431. The van der Waals surface area contributed by atoms with E-state index in [1.54, 1.807) is 30.5 Å². The number of carbonyl (C=O) groups excluding carboxylic acids is 2. The van der Waals surface area contributed by atoms with Crippen LogP contribution in [-0.4, -0.2) is 29.0 Å². The van der Waals surface area contributed by atoms with Crippen molar-refractivity contribution in [2.75, 3.05) is 7.11 Å². The van der Waals surface area contributed by atoms with Crippen molar-refractivity contribution in [3.8, 4) is 22.2 Å². The number of ether oxygens (including phenoxy) is 2. The van der Waals surface area contributed by atoms with Crippen molar-refractivity contribution >= 4 is 29.3 Å². The third-order valence-electron chi connectivity index (χ3n) is 3.75. The molecule has 1 N–H and O–H groups in total. The number of esters is 1. The first-order valence-electron chi connectivity index (χ1n) is 8.73. The summed E-state index contributed by atoms with van der Waals surface area (Å²) in [6.45, 7) is 1.64. The molecule has 2 aromatic heterocycles. The van der Waals surface area contributed by atoms with Crippen molar-refractivity contribution in [1.29, 1.82) is 0 Å². The van der Waals surface area contributed by atoms with Gasteiger partial charge in [-0.15, -0.1) is 11.3 Å². The summed E-state index contributed by atoms with van der Waals surface area (Å²) >= 11 is 1.48. The lowest BCUT2D eigenvalue weighted by Crippen LogP contribution is -2.20. The number of hydrogen-bond donors (Lipinski definition) is 1. The lowest BCUT2D eigenvalue weighted by molar-refractivity contribution is -0.132. The van der Waals surface area contributed by atoms with Gasteiger partial charge in [-0.1, -0.05) is 12.1 Å². The maximum atomic E-state index is 12.1. The Bertz CT molecular complexity index is 1030. The van der Waals surface area contributed by atoms with Crippen molar-refractivity contribution in [2.45, 2.75) is 13.5 Å². The zero-order chi connectivity index (χ0) is 20.6. The van der Waals surface area contributed by atoms with Gasteiger partial charge in [0.25, 0.3) is 0 Å². The smallest absolute Gasteiger partial charge is 0.308 e. The van der Waals surface area contributed by atoms with Crippen molar-refractivity contribution < 1.29 is 19.1 Å². The number of nitrogens with one attached hydrogen (secondary N) is 1. The summed E-state index contributed by atoms with van der Waals surface area (Å²) in [5.41, 5.74) is 2.31. The molecule has 0 spiro atoms. The number of rotatable bonds is 7. The molecule has 0 aliphatic heterocycles. The average molecular weight is 409 g/mol. The molecule has 0 atom stereocenters. The first-order valence-corrected chi connectivity index (χ1v) is 9.61. The van der Waals surface area contributed by atoms with Crippen LogP contribution >= 0.6 is 11.3 Å². The summed E-state index contributed by atoms with van der Waals surface area (Å²) in [6.07, 6.45) is 4.79. The van der Waals surface area contributed by atoms with Crippen LogP contribution in [0, 0.1) is 0 Å². The Labute approximate surface area is 172 Å². The van der Waals surface area contributed by atoms with Crippen molar-refractivity contribution in [3.05, 3.63) is 65.3 Å². The van der Waals surface area contributed by atoms with Crippen molar-refractivity contribution in [3.63, 3.8) is 0 Å². The van der Waals surface area contributed by atoms with E-state index in [9.17, 15) is 9.59 Å². The number of hydrogen-bond acceptors (Lipinski definition) is 7. The quantitative estimate of drug-likeness (QED) is 0.365. The zero-order valence-corrected chi connectivity index (χ0v) is 16.7. The van der Waals surface area contributed by atoms with Gasteiger partial charge in [0.15, 0.2) is 11.5 Å². The normalized spacial score (nSPS) is 10.7. The second kappa shape index (κ2) is 9.61. The van der Waals surface area contributed by atoms with E-state index >= 15 is 0 Å². The van der Waals surface area contributed by atoms with Gasteiger partial charge in [-0.05, 0) is 35.9 Å². The molecule has 0 bridgehead atoms. The number of amides is 1. The van der Waals surface area contributed by atoms with Gasteiger partial charge in [-0.25, -0.2) is 4.98 Å². The van der Waals surface area contributed by atoms with E-state index in [0.717, 1.165) is 22.0 Å². The number of aromatic nitrogens is 2. The monoisotopic (exact) mass is 409 g/mol. The standard InChI is InChI=1S/C21H19N3O4S/c1-14(25)28-18-8-6-15(11-19(18)27-2)7-9-20(26)23-12-16-13-29-21(24-16)17-5-3-4-10-22-17/h3-11,13H,12H2,1-2H3,(H,23,26)/b9-7+. The minimum Gasteiger partial charge on any atom is -0.493 e. The van der Waals surface area contributed by atoms with Crippen LogP contribution in [0.1, 0.15) is 18.2 Å². The van der Waals surface area contributed by atoms with Crippen LogP contribution in [-0.2, 0) is 16.1 Å². The first-order chi connectivity index (χ1) is 14.0.